The second kappa shape index (κ2) is 10.2. The van der Waals surface area contributed by atoms with Gasteiger partial charge in [0.2, 0.25) is 5.91 Å². The van der Waals surface area contributed by atoms with E-state index in [9.17, 15) is 39.6 Å². The molecule has 1 amide bonds. The Morgan fingerprint density at radius 3 is 2.31 bits per heavy atom. The Morgan fingerprint density at radius 2 is 1.66 bits per heavy atom. The van der Waals surface area contributed by atoms with Crippen LogP contribution in [0.3, 0.4) is 0 Å². The summed E-state index contributed by atoms with van der Waals surface area (Å²) in [6, 6.07) is 10.3. The highest BCUT2D eigenvalue weighted by Crippen LogP contribution is 2.32. The van der Waals surface area contributed by atoms with Crippen LogP contribution < -0.4 is 9.61 Å². The molecule has 3 rings (SSSR count). The number of amides is 1. The van der Waals surface area contributed by atoms with Gasteiger partial charge in [0.05, 0.1) is 18.2 Å². The topological polar surface area (TPSA) is 84.8 Å². The first kappa shape index (κ1) is 25.7. The van der Waals surface area contributed by atoms with E-state index in [-0.39, 0.29) is 5.75 Å². The van der Waals surface area contributed by atoms with Crippen LogP contribution >= 0.6 is 0 Å². The second-order valence-electron chi connectivity index (χ2n) is 6.91. The maximum Gasteiger partial charge on any atom is 0.416 e. The number of carbonyl (C=O) groups is 1. The molecular weight excluding hydrogens is 502 g/mol. The summed E-state index contributed by atoms with van der Waals surface area (Å²) >= 11 is 0. The van der Waals surface area contributed by atoms with Crippen LogP contribution in [0.15, 0.2) is 70.7 Å². The summed E-state index contributed by atoms with van der Waals surface area (Å²) in [5.41, 5.74) is -0.421. The molecule has 0 aliphatic carbocycles. The summed E-state index contributed by atoms with van der Waals surface area (Å²) in [4.78, 5) is 11.3. The Labute approximate surface area is 195 Å². The van der Waals surface area contributed by atoms with E-state index in [0.29, 0.717) is 30.5 Å². The van der Waals surface area contributed by atoms with Crippen molar-refractivity contribution in [2.24, 2.45) is 5.10 Å². The molecule has 0 aliphatic rings. The summed E-state index contributed by atoms with van der Waals surface area (Å²) in [6.07, 6.45) is -4.99. The number of hydrogen-bond donors (Lipinski definition) is 1. The molecule has 0 aromatic heterocycles. The number of nitrogens with one attached hydrogen (secondary N) is 1. The molecule has 13 heteroatoms. The predicted molar refractivity (Wildman–Crippen MR) is 111 cm³/mol. The first-order valence-corrected chi connectivity index (χ1v) is 10.9. The Kier molecular flexibility index (Phi) is 7.48. The smallest absolute Gasteiger partial charge is 0.379 e. The molecule has 3 aromatic rings. The maximum absolute atomic E-state index is 13.7. The van der Waals surface area contributed by atoms with Crippen molar-refractivity contribution in [3.63, 3.8) is 0 Å². The van der Waals surface area contributed by atoms with Crippen LogP contribution in [0.5, 0.6) is 5.75 Å². The molecule has 6 nitrogen and oxygen atoms in total. The minimum Gasteiger partial charge on any atom is -0.379 e. The van der Waals surface area contributed by atoms with E-state index >= 15 is 0 Å². The number of alkyl halides is 3. The van der Waals surface area contributed by atoms with Crippen molar-refractivity contribution in [1.29, 1.82) is 0 Å². The van der Waals surface area contributed by atoms with Gasteiger partial charge in [-0.1, -0.05) is 24.3 Å². The first-order valence-electron chi connectivity index (χ1n) is 9.53. The quantitative estimate of drug-likeness (QED) is 0.164. The van der Waals surface area contributed by atoms with E-state index in [2.05, 4.69) is 5.10 Å². The van der Waals surface area contributed by atoms with E-state index in [1.54, 1.807) is 6.07 Å². The standard InChI is InChI=1S/C22H14F6N2O4S/c23-17-8-6-13(20(24)21(17)25)11-19(31)30-29-12-14-10-15(22(26,27)28)7-9-18(14)35(32,33)34-16-4-2-1-3-5-16/h1-10,12H,11H2,(H,30,31). The lowest BCUT2D eigenvalue weighted by atomic mass is 10.1. The van der Waals surface area contributed by atoms with E-state index in [1.807, 2.05) is 5.43 Å². The van der Waals surface area contributed by atoms with Crippen molar-refractivity contribution >= 4 is 22.2 Å². The lowest BCUT2D eigenvalue weighted by molar-refractivity contribution is -0.137. The summed E-state index contributed by atoms with van der Waals surface area (Å²) in [5, 5.41) is 3.41. The van der Waals surface area contributed by atoms with Gasteiger partial charge < -0.3 is 4.18 Å². The molecule has 0 atom stereocenters. The van der Waals surface area contributed by atoms with Gasteiger partial charge in [-0.3, -0.25) is 4.79 Å². The van der Waals surface area contributed by atoms with E-state index in [0.717, 1.165) is 6.07 Å². The zero-order chi connectivity index (χ0) is 25.8. The Bertz CT molecular complexity index is 1380. The van der Waals surface area contributed by atoms with Crippen LogP contribution in [0.25, 0.3) is 0 Å². The van der Waals surface area contributed by atoms with Crippen molar-refractivity contribution in [3.8, 4) is 5.75 Å². The van der Waals surface area contributed by atoms with Gasteiger partial charge in [-0.05, 0) is 36.4 Å². The zero-order valence-electron chi connectivity index (χ0n) is 17.3. The molecule has 0 spiro atoms. The average Bonchev–Trinajstić information content (AvgIpc) is 2.79. The maximum atomic E-state index is 13.7. The van der Waals surface area contributed by atoms with Crippen molar-refractivity contribution in [1.82, 2.24) is 5.43 Å². The fourth-order valence-corrected chi connectivity index (χ4v) is 3.88. The van der Waals surface area contributed by atoms with Crippen LogP contribution in [-0.2, 0) is 27.5 Å². The molecule has 35 heavy (non-hydrogen) atoms. The normalized spacial score (nSPS) is 12.1. The number of para-hydroxylation sites is 1. The number of rotatable bonds is 7. The number of nitrogens with zero attached hydrogens (tertiary/aromatic N) is 1. The van der Waals surface area contributed by atoms with Gasteiger partial charge >= 0.3 is 16.3 Å². The van der Waals surface area contributed by atoms with E-state index in [4.69, 9.17) is 4.18 Å². The summed E-state index contributed by atoms with van der Waals surface area (Å²) in [5.74, 6) is -5.97. The van der Waals surface area contributed by atoms with Crippen molar-refractivity contribution < 1.29 is 43.7 Å². The molecule has 0 radical (unpaired) electrons. The Balaban J connectivity index is 1.86. The number of halogens is 6. The fraction of sp³-hybridized carbons (Fsp3) is 0.0909. The van der Waals surface area contributed by atoms with Crippen LogP contribution in [0.2, 0.25) is 0 Å². The van der Waals surface area contributed by atoms with Crippen LogP contribution in [0.1, 0.15) is 16.7 Å². The van der Waals surface area contributed by atoms with Gasteiger partial charge in [-0.25, -0.2) is 18.6 Å². The van der Waals surface area contributed by atoms with Crippen molar-refractivity contribution in [2.75, 3.05) is 0 Å². The molecule has 0 unspecified atom stereocenters. The second-order valence-corrected chi connectivity index (χ2v) is 8.42. The van der Waals surface area contributed by atoms with Gasteiger partial charge in [-0.2, -0.15) is 26.7 Å². The van der Waals surface area contributed by atoms with E-state index in [1.165, 1.54) is 24.3 Å². The van der Waals surface area contributed by atoms with E-state index < -0.39 is 67.7 Å². The van der Waals surface area contributed by atoms with Gasteiger partial charge in [0, 0.05) is 11.1 Å². The molecule has 0 heterocycles. The van der Waals surface area contributed by atoms with Gasteiger partial charge in [0.25, 0.3) is 0 Å². The molecule has 0 saturated heterocycles. The van der Waals surface area contributed by atoms with Gasteiger partial charge in [0.1, 0.15) is 10.6 Å². The highest BCUT2D eigenvalue weighted by molar-refractivity contribution is 7.87. The number of carbonyl (C=O) groups excluding carboxylic acids is 1. The molecular formula is C22H14F6N2O4S. The molecule has 0 aliphatic heterocycles. The molecule has 0 saturated carbocycles. The van der Waals surface area contributed by atoms with Crippen LogP contribution in [-0.4, -0.2) is 20.5 Å². The highest BCUT2D eigenvalue weighted by atomic mass is 32.2. The molecule has 1 N–H and O–H groups in total. The van der Waals surface area contributed by atoms with Crippen molar-refractivity contribution in [2.45, 2.75) is 17.5 Å². The lowest BCUT2D eigenvalue weighted by Crippen LogP contribution is -2.21. The number of benzene rings is 3. The summed E-state index contributed by atoms with van der Waals surface area (Å²) < 4.78 is 110. The predicted octanol–water partition coefficient (Wildman–Crippen LogP) is 4.58. The number of hydrazone groups is 1. The third-order valence-corrected chi connectivity index (χ3v) is 5.74. The summed E-state index contributed by atoms with van der Waals surface area (Å²) in [7, 11) is -4.62. The third kappa shape index (κ3) is 6.38. The van der Waals surface area contributed by atoms with Crippen LogP contribution in [0, 0.1) is 17.5 Å². The average molecular weight is 516 g/mol. The Hall–Kier alpha value is -3.87. The minimum absolute atomic E-state index is 0.0999. The molecule has 3 aromatic carbocycles. The minimum atomic E-state index is -4.82. The van der Waals surface area contributed by atoms with Gasteiger partial charge in [0.15, 0.2) is 17.5 Å². The largest absolute Gasteiger partial charge is 0.416 e. The third-order valence-electron chi connectivity index (χ3n) is 4.41. The molecule has 0 bridgehead atoms. The fourth-order valence-electron chi connectivity index (χ4n) is 2.79. The monoisotopic (exact) mass is 516 g/mol. The SMILES string of the molecule is O=C(Cc1ccc(F)c(F)c1F)NN=Cc1cc(C(F)(F)F)ccc1S(=O)(=O)Oc1ccccc1. The molecule has 184 valence electrons. The summed E-state index contributed by atoms with van der Waals surface area (Å²) in [6.45, 7) is 0. The van der Waals surface area contributed by atoms with Gasteiger partial charge in [-0.15, -0.1) is 0 Å². The Morgan fingerprint density at radius 1 is 0.971 bits per heavy atom. The number of hydrogen-bond acceptors (Lipinski definition) is 5. The molecule has 0 fully saturated rings. The first-order chi connectivity index (χ1) is 16.4. The van der Waals surface area contributed by atoms with Crippen LogP contribution in [0.4, 0.5) is 26.3 Å². The zero-order valence-corrected chi connectivity index (χ0v) is 18.1. The highest BCUT2D eigenvalue weighted by Gasteiger charge is 2.32. The lowest BCUT2D eigenvalue weighted by Gasteiger charge is -2.12. The van der Waals surface area contributed by atoms with Crippen molar-refractivity contribution in [3.05, 3.63) is 94.8 Å².